The molecule has 0 fully saturated rings. The molecule has 0 aliphatic rings. The molecule has 6 heteroatoms. The molecule has 0 aliphatic heterocycles. The summed E-state index contributed by atoms with van der Waals surface area (Å²) in [5, 5.41) is 3.75. The van der Waals surface area contributed by atoms with Gasteiger partial charge in [-0.1, -0.05) is 11.6 Å². The van der Waals surface area contributed by atoms with Gasteiger partial charge in [-0.2, -0.15) is 4.98 Å². The maximum atomic E-state index is 6.00. The van der Waals surface area contributed by atoms with Crippen LogP contribution in [0.5, 0.6) is 11.6 Å². The molecule has 3 N–H and O–H groups in total. The van der Waals surface area contributed by atoms with Gasteiger partial charge in [-0.3, -0.25) is 0 Å². The monoisotopic (exact) mass is 307 g/mol. The number of aromatic nitrogens is 1. The van der Waals surface area contributed by atoms with E-state index in [1.807, 2.05) is 13.8 Å². The lowest BCUT2D eigenvalue weighted by Gasteiger charge is -2.14. The molecule has 112 valence electrons. The van der Waals surface area contributed by atoms with Crippen molar-refractivity contribution in [2.45, 2.75) is 20.0 Å². The van der Waals surface area contributed by atoms with Gasteiger partial charge in [-0.25, -0.2) is 0 Å². The van der Waals surface area contributed by atoms with Crippen molar-refractivity contribution >= 4 is 28.8 Å². The van der Waals surface area contributed by atoms with Crippen LogP contribution in [-0.4, -0.2) is 18.2 Å². The van der Waals surface area contributed by atoms with E-state index in [0.717, 1.165) is 5.69 Å². The Hall–Kier alpha value is -2.14. The largest absolute Gasteiger partial charge is 0.495 e. The lowest BCUT2D eigenvalue weighted by molar-refractivity contribution is 0.234. The van der Waals surface area contributed by atoms with Crippen LogP contribution in [0.15, 0.2) is 30.3 Å². The predicted molar refractivity (Wildman–Crippen MR) is 85.7 cm³/mol. The number of nitrogen functional groups attached to an aromatic ring is 1. The van der Waals surface area contributed by atoms with Gasteiger partial charge in [-0.05, 0) is 44.2 Å². The van der Waals surface area contributed by atoms with Crippen molar-refractivity contribution in [1.82, 2.24) is 4.98 Å². The normalized spacial score (nSPS) is 10.5. The van der Waals surface area contributed by atoms with Crippen molar-refractivity contribution in [1.29, 1.82) is 0 Å². The van der Waals surface area contributed by atoms with E-state index >= 15 is 0 Å². The smallest absolute Gasteiger partial charge is 0.239 e. The Morgan fingerprint density at radius 1 is 1.24 bits per heavy atom. The van der Waals surface area contributed by atoms with E-state index in [9.17, 15) is 0 Å². The summed E-state index contributed by atoms with van der Waals surface area (Å²) >= 11 is 6.00. The number of anilines is 3. The lowest BCUT2D eigenvalue weighted by atomic mass is 10.3. The minimum absolute atomic E-state index is 0.00393. The van der Waals surface area contributed by atoms with Crippen molar-refractivity contribution in [3.8, 4) is 11.6 Å². The first-order chi connectivity index (χ1) is 9.99. The third-order valence-electron chi connectivity index (χ3n) is 2.66. The van der Waals surface area contributed by atoms with Crippen LogP contribution in [0.4, 0.5) is 17.2 Å². The molecule has 0 spiro atoms. The Bertz CT molecular complexity index is 632. The molecule has 2 rings (SSSR count). The van der Waals surface area contributed by atoms with Crippen LogP contribution >= 0.6 is 11.6 Å². The fourth-order valence-electron chi connectivity index (χ4n) is 1.75. The third-order valence-corrected chi connectivity index (χ3v) is 2.90. The number of hydrogen-bond acceptors (Lipinski definition) is 5. The molecule has 1 aromatic carbocycles. The van der Waals surface area contributed by atoms with Crippen molar-refractivity contribution in [2.24, 2.45) is 0 Å². The number of nitrogens with one attached hydrogen (secondary N) is 1. The highest BCUT2D eigenvalue weighted by atomic mass is 35.5. The van der Waals surface area contributed by atoms with E-state index in [1.54, 1.807) is 37.4 Å². The van der Waals surface area contributed by atoms with Crippen LogP contribution in [0.1, 0.15) is 13.8 Å². The molecule has 0 unspecified atom stereocenters. The Labute approximate surface area is 129 Å². The molecule has 0 bridgehead atoms. The van der Waals surface area contributed by atoms with Crippen molar-refractivity contribution in [3.05, 3.63) is 35.4 Å². The summed E-state index contributed by atoms with van der Waals surface area (Å²) in [6, 6.07) is 8.82. The van der Waals surface area contributed by atoms with Crippen molar-refractivity contribution < 1.29 is 9.47 Å². The number of hydrogen-bond donors (Lipinski definition) is 2. The van der Waals surface area contributed by atoms with E-state index in [0.29, 0.717) is 28.2 Å². The minimum atomic E-state index is -0.00393. The number of ether oxygens (including phenoxy) is 2. The van der Waals surface area contributed by atoms with Gasteiger partial charge in [0.1, 0.15) is 11.6 Å². The summed E-state index contributed by atoms with van der Waals surface area (Å²) in [5.41, 5.74) is 7.06. The van der Waals surface area contributed by atoms with E-state index in [1.165, 1.54) is 0 Å². The number of benzene rings is 1. The summed E-state index contributed by atoms with van der Waals surface area (Å²) in [4.78, 5) is 4.36. The molecule has 0 atom stereocenters. The lowest BCUT2D eigenvalue weighted by Crippen LogP contribution is -2.09. The highest BCUT2D eigenvalue weighted by molar-refractivity contribution is 6.31. The predicted octanol–water partition coefficient (Wildman–Crippen LogP) is 3.86. The average molecular weight is 308 g/mol. The summed E-state index contributed by atoms with van der Waals surface area (Å²) < 4.78 is 10.9. The van der Waals surface area contributed by atoms with Crippen LogP contribution in [-0.2, 0) is 0 Å². The maximum Gasteiger partial charge on any atom is 0.239 e. The molecule has 2 aromatic rings. The first-order valence-corrected chi connectivity index (χ1v) is 6.91. The average Bonchev–Trinajstić information content (AvgIpc) is 2.42. The van der Waals surface area contributed by atoms with Crippen molar-refractivity contribution in [3.63, 3.8) is 0 Å². The molecular weight excluding hydrogens is 290 g/mol. The highest BCUT2D eigenvalue weighted by Gasteiger charge is 2.09. The summed E-state index contributed by atoms with van der Waals surface area (Å²) in [6.07, 6.45) is -0.00393. The topological polar surface area (TPSA) is 69.4 Å². The number of methoxy groups -OCH3 is 1. The number of nitrogens with zero attached hydrogens (tertiary/aromatic N) is 1. The summed E-state index contributed by atoms with van der Waals surface area (Å²) in [6.45, 7) is 3.84. The van der Waals surface area contributed by atoms with Crippen LogP contribution in [0, 0.1) is 0 Å². The molecular formula is C15H18ClN3O2. The molecule has 0 radical (unpaired) electrons. The second-order valence-electron chi connectivity index (χ2n) is 4.73. The van der Waals surface area contributed by atoms with E-state index in [4.69, 9.17) is 26.8 Å². The highest BCUT2D eigenvalue weighted by Crippen LogP contribution is 2.31. The zero-order valence-electron chi connectivity index (χ0n) is 12.2. The molecule has 0 saturated carbocycles. The zero-order chi connectivity index (χ0) is 15.4. The second kappa shape index (κ2) is 6.54. The van der Waals surface area contributed by atoms with Crippen LogP contribution < -0.4 is 20.5 Å². The van der Waals surface area contributed by atoms with Crippen LogP contribution in [0.2, 0.25) is 5.02 Å². The first-order valence-electron chi connectivity index (χ1n) is 6.53. The number of halogens is 1. The van der Waals surface area contributed by atoms with Gasteiger partial charge in [-0.15, -0.1) is 0 Å². The van der Waals surface area contributed by atoms with E-state index in [2.05, 4.69) is 10.3 Å². The van der Waals surface area contributed by atoms with Gasteiger partial charge < -0.3 is 20.5 Å². The molecule has 0 saturated heterocycles. The SMILES string of the molecule is COc1ccc(Cl)cc1Nc1ccc(N)c(OC(C)C)n1. The van der Waals surface area contributed by atoms with Crippen LogP contribution in [0.25, 0.3) is 0 Å². The quantitative estimate of drug-likeness (QED) is 0.878. The molecule has 21 heavy (non-hydrogen) atoms. The Morgan fingerprint density at radius 2 is 2.00 bits per heavy atom. The van der Waals surface area contributed by atoms with Crippen LogP contribution in [0.3, 0.4) is 0 Å². The second-order valence-corrected chi connectivity index (χ2v) is 5.16. The molecule has 1 heterocycles. The van der Waals surface area contributed by atoms with Gasteiger partial charge in [0, 0.05) is 5.02 Å². The molecule has 0 amide bonds. The fourth-order valence-corrected chi connectivity index (χ4v) is 1.93. The Balaban J connectivity index is 2.29. The Morgan fingerprint density at radius 3 is 2.67 bits per heavy atom. The first kappa shape index (κ1) is 15.3. The fraction of sp³-hybridized carbons (Fsp3) is 0.267. The van der Waals surface area contributed by atoms with E-state index in [-0.39, 0.29) is 6.10 Å². The molecule has 5 nitrogen and oxygen atoms in total. The zero-order valence-corrected chi connectivity index (χ0v) is 12.9. The van der Waals surface area contributed by atoms with Gasteiger partial charge >= 0.3 is 0 Å². The van der Waals surface area contributed by atoms with E-state index < -0.39 is 0 Å². The maximum absolute atomic E-state index is 6.00. The van der Waals surface area contributed by atoms with Crippen molar-refractivity contribution in [2.75, 3.05) is 18.2 Å². The molecule has 0 aliphatic carbocycles. The Kier molecular flexibility index (Phi) is 4.75. The molecule has 1 aromatic heterocycles. The van der Waals surface area contributed by atoms with Gasteiger partial charge in [0.2, 0.25) is 5.88 Å². The third kappa shape index (κ3) is 3.92. The van der Waals surface area contributed by atoms with Gasteiger partial charge in [0.05, 0.1) is 24.6 Å². The van der Waals surface area contributed by atoms with Gasteiger partial charge in [0.25, 0.3) is 0 Å². The minimum Gasteiger partial charge on any atom is -0.495 e. The standard InChI is InChI=1S/C15H18ClN3O2/c1-9(2)21-15-11(17)5-7-14(19-15)18-12-8-10(16)4-6-13(12)20-3/h4-9H,17H2,1-3H3,(H,18,19). The summed E-state index contributed by atoms with van der Waals surface area (Å²) in [5.74, 6) is 1.67. The summed E-state index contributed by atoms with van der Waals surface area (Å²) in [7, 11) is 1.60. The number of pyridine rings is 1. The number of rotatable bonds is 5. The van der Waals surface area contributed by atoms with Gasteiger partial charge in [0.15, 0.2) is 0 Å². The number of nitrogens with two attached hydrogens (primary N) is 1.